The summed E-state index contributed by atoms with van der Waals surface area (Å²) in [6, 6.07) is 9.58. The quantitative estimate of drug-likeness (QED) is 0.762. The lowest BCUT2D eigenvalue weighted by molar-refractivity contribution is -0.154. The van der Waals surface area contributed by atoms with Crippen LogP contribution in [0, 0.1) is 17.8 Å². The standard InChI is InChI=1S/C20H31NO4.ClH/c1-14(2)10-23-12-18-15(3)25-20(22)19(21)13-24-11-17(18)9-16-7-5-4-6-8-16;/h4-8,14-15,17-19H,9-13,21H2,1-3H3;1H/t15-,17-,18-,19-;/m0./s1. The largest absolute Gasteiger partial charge is 0.461 e. The molecule has 0 amide bonds. The Labute approximate surface area is 163 Å². The molecule has 0 radical (unpaired) electrons. The van der Waals surface area contributed by atoms with E-state index in [9.17, 15) is 4.79 Å². The first-order valence-corrected chi connectivity index (χ1v) is 9.12. The maximum atomic E-state index is 12.1. The number of hydrogen-bond donors (Lipinski definition) is 1. The van der Waals surface area contributed by atoms with Crippen LogP contribution in [0.1, 0.15) is 26.3 Å². The highest BCUT2D eigenvalue weighted by molar-refractivity contribution is 5.85. The second-order valence-corrected chi connectivity index (χ2v) is 7.33. The van der Waals surface area contributed by atoms with Gasteiger partial charge in [-0.05, 0) is 30.7 Å². The second-order valence-electron chi connectivity index (χ2n) is 7.33. The Kier molecular flexibility index (Phi) is 10.2. The summed E-state index contributed by atoms with van der Waals surface area (Å²) in [5.41, 5.74) is 7.07. The normalized spacial score (nSPS) is 27.0. The Hall–Kier alpha value is -1.14. The number of cyclic esters (lactones) is 1. The zero-order chi connectivity index (χ0) is 18.2. The van der Waals surface area contributed by atoms with Gasteiger partial charge >= 0.3 is 5.97 Å². The highest BCUT2D eigenvalue weighted by Crippen LogP contribution is 2.26. The average Bonchev–Trinajstić information content (AvgIpc) is 2.61. The molecule has 0 aromatic heterocycles. The Morgan fingerprint density at radius 1 is 1.23 bits per heavy atom. The molecule has 1 saturated heterocycles. The van der Waals surface area contributed by atoms with E-state index in [1.54, 1.807) is 0 Å². The molecule has 26 heavy (non-hydrogen) atoms. The van der Waals surface area contributed by atoms with Crippen LogP contribution in [0.25, 0.3) is 0 Å². The molecule has 0 bridgehead atoms. The van der Waals surface area contributed by atoms with E-state index < -0.39 is 12.0 Å². The lowest BCUT2D eigenvalue weighted by atomic mass is 9.84. The van der Waals surface area contributed by atoms with E-state index in [1.807, 2.05) is 25.1 Å². The van der Waals surface area contributed by atoms with Crippen molar-refractivity contribution in [2.45, 2.75) is 39.3 Å². The van der Waals surface area contributed by atoms with Crippen molar-refractivity contribution in [1.29, 1.82) is 0 Å². The first kappa shape index (κ1) is 22.9. The second kappa shape index (κ2) is 11.5. The van der Waals surface area contributed by atoms with E-state index in [4.69, 9.17) is 19.9 Å². The molecular formula is C20H32ClNO4. The van der Waals surface area contributed by atoms with Crippen LogP contribution < -0.4 is 5.73 Å². The third-order valence-electron chi connectivity index (χ3n) is 4.54. The molecule has 1 aliphatic rings. The maximum absolute atomic E-state index is 12.1. The highest BCUT2D eigenvalue weighted by atomic mass is 35.5. The van der Waals surface area contributed by atoms with Crippen LogP contribution in [0.15, 0.2) is 30.3 Å². The third kappa shape index (κ3) is 7.23. The summed E-state index contributed by atoms with van der Waals surface area (Å²) >= 11 is 0. The molecule has 6 heteroatoms. The summed E-state index contributed by atoms with van der Waals surface area (Å²) in [4.78, 5) is 12.1. The zero-order valence-electron chi connectivity index (χ0n) is 15.9. The molecule has 4 atom stereocenters. The van der Waals surface area contributed by atoms with Crippen molar-refractivity contribution in [3.8, 4) is 0 Å². The van der Waals surface area contributed by atoms with Gasteiger partial charge in [-0.2, -0.15) is 0 Å². The molecule has 2 N–H and O–H groups in total. The third-order valence-corrected chi connectivity index (χ3v) is 4.54. The molecule has 0 unspecified atom stereocenters. The summed E-state index contributed by atoms with van der Waals surface area (Å²) in [6.07, 6.45) is 0.592. The van der Waals surface area contributed by atoms with Crippen LogP contribution >= 0.6 is 12.4 Å². The van der Waals surface area contributed by atoms with Crippen LogP contribution in [0.4, 0.5) is 0 Å². The Balaban J connectivity index is 0.00000338. The SMILES string of the molecule is CC(C)COC[C@@H]1[C@@H](Cc2ccccc2)COC[C@H](N)C(=O)O[C@H]1C.Cl. The average molecular weight is 386 g/mol. The lowest BCUT2D eigenvalue weighted by Crippen LogP contribution is -2.39. The number of hydrogen-bond acceptors (Lipinski definition) is 5. The maximum Gasteiger partial charge on any atom is 0.325 e. The molecule has 0 saturated carbocycles. The van der Waals surface area contributed by atoms with Gasteiger partial charge in [0.1, 0.15) is 12.1 Å². The number of carbonyl (C=O) groups excluding carboxylic acids is 1. The number of benzene rings is 1. The van der Waals surface area contributed by atoms with Crippen molar-refractivity contribution < 1.29 is 19.0 Å². The highest BCUT2D eigenvalue weighted by Gasteiger charge is 2.33. The molecule has 0 aliphatic carbocycles. The molecule has 1 aromatic carbocycles. The van der Waals surface area contributed by atoms with Gasteiger partial charge in [0, 0.05) is 12.5 Å². The van der Waals surface area contributed by atoms with E-state index in [-0.39, 0.29) is 37.0 Å². The molecular weight excluding hydrogens is 354 g/mol. The fraction of sp³-hybridized carbons (Fsp3) is 0.650. The van der Waals surface area contributed by atoms with E-state index >= 15 is 0 Å². The van der Waals surface area contributed by atoms with E-state index in [0.29, 0.717) is 25.7 Å². The van der Waals surface area contributed by atoms with Crippen LogP contribution in [0.5, 0.6) is 0 Å². The number of nitrogens with two attached hydrogens (primary N) is 1. The van der Waals surface area contributed by atoms with Gasteiger partial charge in [-0.1, -0.05) is 44.2 Å². The van der Waals surface area contributed by atoms with Crippen molar-refractivity contribution in [2.75, 3.05) is 26.4 Å². The Bertz CT molecular complexity index is 526. The fourth-order valence-electron chi connectivity index (χ4n) is 3.12. The number of carbonyl (C=O) groups is 1. The molecule has 1 fully saturated rings. The van der Waals surface area contributed by atoms with Gasteiger partial charge in [-0.3, -0.25) is 4.79 Å². The van der Waals surface area contributed by atoms with Crippen LogP contribution in [0.2, 0.25) is 0 Å². The zero-order valence-corrected chi connectivity index (χ0v) is 16.7. The minimum atomic E-state index is -0.727. The first-order valence-electron chi connectivity index (χ1n) is 9.12. The van der Waals surface area contributed by atoms with Gasteiger partial charge in [0.15, 0.2) is 0 Å². The van der Waals surface area contributed by atoms with Gasteiger partial charge in [-0.25, -0.2) is 0 Å². The van der Waals surface area contributed by atoms with Gasteiger partial charge in [-0.15, -0.1) is 12.4 Å². The van der Waals surface area contributed by atoms with Gasteiger partial charge in [0.2, 0.25) is 0 Å². The molecule has 0 spiro atoms. The smallest absolute Gasteiger partial charge is 0.325 e. The summed E-state index contributed by atoms with van der Waals surface area (Å²) in [7, 11) is 0. The van der Waals surface area contributed by atoms with Crippen LogP contribution in [0.3, 0.4) is 0 Å². The van der Waals surface area contributed by atoms with Crippen LogP contribution in [-0.2, 0) is 25.4 Å². The van der Waals surface area contributed by atoms with Crippen molar-refractivity contribution >= 4 is 18.4 Å². The predicted molar refractivity (Wildman–Crippen MR) is 104 cm³/mol. The van der Waals surface area contributed by atoms with Crippen molar-refractivity contribution in [2.24, 2.45) is 23.5 Å². The van der Waals surface area contributed by atoms with Crippen molar-refractivity contribution in [3.05, 3.63) is 35.9 Å². The monoisotopic (exact) mass is 385 g/mol. The number of esters is 1. The topological polar surface area (TPSA) is 70.8 Å². The minimum absolute atomic E-state index is 0. The summed E-state index contributed by atoms with van der Waals surface area (Å²) in [5, 5.41) is 0. The molecule has 148 valence electrons. The molecule has 5 nitrogen and oxygen atoms in total. The van der Waals surface area contributed by atoms with E-state index in [2.05, 4.69) is 26.0 Å². The number of rotatable bonds is 6. The first-order chi connectivity index (χ1) is 12.0. The van der Waals surface area contributed by atoms with E-state index in [0.717, 1.165) is 6.42 Å². The Morgan fingerprint density at radius 3 is 2.58 bits per heavy atom. The van der Waals surface area contributed by atoms with Crippen molar-refractivity contribution in [3.63, 3.8) is 0 Å². The number of ether oxygens (including phenoxy) is 3. The molecule has 2 rings (SSSR count). The van der Waals surface area contributed by atoms with Gasteiger partial charge in [0.05, 0.1) is 19.8 Å². The summed E-state index contributed by atoms with van der Waals surface area (Å²) in [6.45, 7) is 8.14. The molecule has 1 heterocycles. The molecule has 1 aliphatic heterocycles. The van der Waals surface area contributed by atoms with E-state index in [1.165, 1.54) is 5.56 Å². The Morgan fingerprint density at radius 2 is 1.92 bits per heavy atom. The number of halogens is 1. The van der Waals surface area contributed by atoms with Crippen LogP contribution in [-0.4, -0.2) is 44.5 Å². The summed E-state index contributed by atoms with van der Waals surface area (Å²) in [5.74, 6) is 0.323. The minimum Gasteiger partial charge on any atom is -0.461 e. The molecule has 1 aromatic rings. The fourth-order valence-corrected chi connectivity index (χ4v) is 3.12. The predicted octanol–water partition coefficient (Wildman–Crippen LogP) is 2.85. The van der Waals surface area contributed by atoms with Gasteiger partial charge < -0.3 is 19.9 Å². The summed E-state index contributed by atoms with van der Waals surface area (Å²) < 4.78 is 17.2. The van der Waals surface area contributed by atoms with Gasteiger partial charge in [0.25, 0.3) is 0 Å². The van der Waals surface area contributed by atoms with Crippen molar-refractivity contribution in [1.82, 2.24) is 0 Å². The lowest BCUT2D eigenvalue weighted by Gasteiger charge is -2.31.